The molecule has 0 bridgehead atoms. The molecule has 1 fully saturated rings. The van der Waals surface area contributed by atoms with Crippen LogP contribution in [0.5, 0.6) is 0 Å². The van der Waals surface area contributed by atoms with Crippen molar-refractivity contribution < 1.29 is 9.90 Å². The molecular formula is C9H9N3O2S2. The van der Waals surface area contributed by atoms with Crippen molar-refractivity contribution in [3.63, 3.8) is 0 Å². The van der Waals surface area contributed by atoms with Crippen molar-refractivity contribution in [1.29, 1.82) is 0 Å². The maximum atomic E-state index is 11.0. The second-order valence-electron chi connectivity index (χ2n) is 2.95. The van der Waals surface area contributed by atoms with E-state index in [0.29, 0.717) is 15.8 Å². The zero-order valence-electron chi connectivity index (χ0n) is 8.38. The first-order valence-corrected chi connectivity index (χ1v) is 6.48. The Morgan fingerprint density at radius 3 is 3.12 bits per heavy atom. The molecule has 16 heavy (non-hydrogen) atoms. The summed E-state index contributed by atoms with van der Waals surface area (Å²) in [7, 11) is 0. The summed E-state index contributed by atoms with van der Waals surface area (Å²) in [4.78, 5) is 19.8. The summed E-state index contributed by atoms with van der Waals surface area (Å²) in [6, 6.07) is 1.72. The Morgan fingerprint density at radius 1 is 1.69 bits per heavy atom. The number of carbonyl (C=O) groups is 1. The lowest BCUT2D eigenvalue weighted by atomic mass is 10.3. The SMILES string of the molecule is CSc1nccc(C=C2SC(=O)NC2O)n1. The normalized spacial score (nSPS) is 22.5. The van der Waals surface area contributed by atoms with Gasteiger partial charge in [0.2, 0.25) is 0 Å². The summed E-state index contributed by atoms with van der Waals surface area (Å²) in [5.74, 6) is 0. The number of carbonyl (C=O) groups excluding carboxylic acids is 1. The molecule has 0 aromatic carbocycles. The lowest BCUT2D eigenvalue weighted by Crippen LogP contribution is -2.24. The van der Waals surface area contributed by atoms with Crippen LogP contribution in [-0.4, -0.2) is 32.8 Å². The summed E-state index contributed by atoms with van der Waals surface area (Å²) < 4.78 is 0. The Balaban J connectivity index is 2.25. The number of amides is 1. The number of rotatable bonds is 2. The summed E-state index contributed by atoms with van der Waals surface area (Å²) in [5.41, 5.74) is 0.678. The fraction of sp³-hybridized carbons (Fsp3) is 0.222. The van der Waals surface area contributed by atoms with Crippen molar-refractivity contribution in [1.82, 2.24) is 15.3 Å². The topological polar surface area (TPSA) is 75.1 Å². The Labute approximate surface area is 101 Å². The summed E-state index contributed by atoms with van der Waals surface area (Å²) in [5, 5.41) is 12.3. The van der Waals surface area contributed by atoms with Crippen LogP contribution in [0.3, 0.4) is 0 Å². The Hall–Kier alpha value is -1.05. The zero-order chi connectivity index (χ0) is 11.5. The number of nitrogens with one attached hydrogen (secondary N) is 1. The molecule has 1 aliphatic heterocycles. The van der Waals surface area contributed by atoms with Crippen molar-refractivity contribution in [2.24, 2.45) is 0 Å². The van der Waals surface area contributed by atoms with Gasteiger partial charge < -0.3 is 10.4 Å². The Kier molecular flexibility index (Phi) is 3.47. The van der Waals surface area contributed by atoms with E-state index in [9.17, 15) is 9.90 Å². The van der Waals surface area contributed by atoms with E-state index in [0.717, 1.165) is 11.8 Å². The zero-order valence-corrected chi connectivity index (χ0v) is 10.0. The molecule has 7 heteroatoms. The quantitative estimate of drug-likeness (QED) is 0.613. The second-order valence-corrected chi connectivity index (χ2v) is 4.77. The van der Waals surface area contributed by atoms with Crippen molar-refractivity contribution in [3.8, 4) is 0 Å². The van der Waals surface area contributed by atoms with Crippen LogP contribution < -0.4 is 5.32 Å². The molecule has 1 amide bonds. The molecule has 1 aliphatic rings. The third-order valence-electron chi connectivity index (χ3n) is 1.86. The predicted molar refractivity (Wildman–Crippen MR) is 63.9 cm³/mol. The fourth-order valence-electron chi connectivity index (χ4n) is 1.16. The predicted octanol–water partition coefficient (Wildman–Crippen LogP) is 1.31. The van der Waals surface area contributed by atoms with Gasteiger partial charge in [0.15, 0.2) is 11.4 Å². The third-order valence-corrected chi connectivity index (χ3v) is 3.30. The first kappa shape index (κ1) is 11.4. The van der Waals surface area contributed by atoms with Gasteiger partial charge in [0.25, 0.3) is 5.24 Å². The number of hydrogen-bond donors (Lipinski definition) is 2. The van der Waals surface area contributed by atoms with Gasteiger partial charge in [0.05, 0.1) is 5.69 Å². The first-order valence-electron chi connectivity index (χ1n) is 4.44. The Bertz CT molecular complexity index is 450. The van der Waals surface area contributed by atoms with Crippen LogP contribution >= 0.6 is 23.5 Å². The van der Waals surface area contributed by atoms with E-state index < -0.39 is 6.23 Å². The monoisotopic (exact) mass is 255 g/mol. The van der Waals surface area contributed by atoms with E-state index >= 15 is 0 Å². The Morgan fingerprint density at radius 2 is 2.50 bits per heavy atom. The van der Waals surface area contributed by atoms with E-state index in [1.54, 1.807) is 18.3 Å². The van der Waals surface area contributed by atoms with Gasteiger partial charge in [-0.3, -0.25) is 4.79 Å². The highest BCUT2D eigenvalue weighted by molar-refractivity contribution is 8.17. The van der Waals surface area contributed by atoms with Gasteiger partial charge in [-0.15, -0.1) is 0 Å². The van der Waals surface area contributed by atoms with E-state index in [-0.39, 0.29) is 5.24 Å². The maximum Gasteiger partial charge on any atom is 0.285 e. The number of aliphatic hydroxyl groups is 1. The van der Waals surface area contributed by atoms with Gasteiger partial charge in [-0.05, 0) is 30.2 Å². The lowest BCUT2D eigenvalue weighted by Gasteiger charge is -2.01. The molecule has 0 saturated carbocycles. The number of hydrogen-bond acceptors (Lipinski definition) is 6. The van der Waals surface area contributed by atoms with Crippen LogP contribution in [0.1, 0.15) is 5.69 Å². The minimum atomic E-state index is -0.926. The molecular weight excluding hydrogens is 246 g/mol. The summed E-state index contributed by atoms with van der Waals surface area (Å²) in [6.45, 7) is 0. The van der Waals surface area contributed by atoms with Crippen LogP contribution in [0.15, 0.2) is 22.3 Å². The van der Waals surface area contributed by atoms with E-state index in [2.05, 4.69) is 15.3 Å². The average Bonchev–Trinajstić information content (AvgIpc) is 2.58. The highest BCUT2D eigenvalue weighted by Crippen LogP contribution is 2.27. The van der Waals surface area contributed by atoms with Gasteiger partial charge in [-0.2, -0.15) is 0 Å². The van der Waals surface area contributed by atoms with Crippen LogP contribution in [0.2, 0.25) is 0 Å². The van der Waals surface area contributed by atoms with E-state index in [1.165, 1.54) is 11.8 Å². The van der Waals surface area contributed by atoms with Crippen LogP contribution in [0.25, 0.3) is 6.08 Å². The first-order chi connectivity index (χ1) is 7.69. The van der Waals surface area contributed by atoms with Gasteiger partial charge in [-0.1, -0.05) is 11.8 Å². The minimum Gasteiger partial charge on any atom is -0.369 e. The van der Waals surface area contributed by atoms with Crippen molar-refractivity contribution in [3.05, 3.63) is 22.9 Å². The van der Waals surface area contributed by atoms with Crippen LogP contribution in [-0.2, 0) is 0 Å². The smallest absolute Gasteiger partial charge is 0.285 e. The van der Waals surface area contributed by atoms with Gasteiger partial charge in [0, 0.05) is 11.1 Å². The molecule has 1 saturated heterocycles. The summed E-state index contributed by atoms with van der Waals surface area (Å²) >= 11 is 2.41. The molecule has 84 valence electrons. The maximum absolute atomic E-state index is 11.0. The molecule has 1 aromatic rings. The number of aromatic nitrogens is 2. The number of thioether (sulfide) groups is 2. The van der Waals surface area contributed by atoms with Gasteiger partial charge in [-0.25, -0.2) is 9.97 Å². The molecule has 1 aromatic heterocycles. The second kappa shape index (κ2) is 4.86. The molecule has 2 heterocycles. The highest BCUT2D eigenvalue weighted by Gasteiger charge is 2.25. The molecule has 1 atom stereocenters. The third kappa shape index (κ3) is 2.55. The lowest BCUT2D eigenvalue weighted by molar-refractivity contribution is 0.192. The van der Waals surface area contributed by atoms with E-state index in [4.69, 9.17) is 0 Å². The fourth-order valence-corrected chi connectivity index (χ4v) is 2.26. The van der Waals surface area contributed by atoms with Crippen LogP contribution in [0.4, 0.5) is 4.79 Å². The van der Waals surface area contributed by atoms with Crippen molar-refractivity contribution in [2.75, 3.05) is 6.26 Å². The van der Waals surface area contributed by atoms with Gasteiger partial charge >= 0.3 is 0 Å². The molecule has 0 aliphatic carbocycles. The molecule has 2 N–H and O–H groups in total. The molecule has 1 unspecified atom stereocenters. The van der Waals surface area contributed by atoms with Crippen molar-refractivity contribution in [2.45, 2.75) is 11.4 Å². The largest absolute Gasteiger partial charge is 0.369 e. The highest BCUT2D eigenvalue weighted by atomic mass is 32.2. The molecule has 5 nitrogen and oxygen atoms in total. The van der Waals surface area contributed by atoms with Gasteiger partial charge in [0.1, 0.15) is 0 Å². The summed E-state index contributed by atoms with van der Waals surface area (Å²) in [6.07, 6.45) is 4.28. The minimum absolute atomic E-state index is 0.252. The van der Waals surface area contributed by atoms with Crippen molar-refractivity contribution >= 4 is 34.8 Å². The molecule has 2 rings (SSSR count). The number of nitrogens with zero attached hydrogens (tertiary/aromatic N) is 2. The van der Waals surface area contributed by atoms with Crippen LogP contribution in [0, 0.1) is 0 Å². The molecule has 0 spiro atoms. The number of aliphatic hydroxyl groups excluding tert-OH is 1. The standard InChI is InChI=1S/C9H9N3O2S2/c1-15-8-10-3-2-5(11-8)4-6-7(13)12-9(14)16-6/h2-4,7,13H,1H3,(H,12,14). The average molecular weight is 255 g/mol. The molecule has 0 radical (unpaired) electrons. The van der Waals surface area contributed by atoms with E-state index in [1.807, 2.05) is 6.26 Å².